The molecule has 2 unspecified atom stereocenters. The van der Waals surface area contributed by atoms with Crippen molar-refractivity contribution in [2.24, 2.45) is 0 Å². The van der Waals surface area contributed by atoms with Crippen LogP contribution in [0.25, 0.3) is 0 Å². The monoisotopic (exact) mass is 282 g/mol. The van der Waals surface area contributed by atoms with Gasteiger partial charge in [-0.2, -0.15) is 0 Å². The van der Waals surface area contributed by atoms with Crippen LogP contribution in [0.2, 0.25) is 0 Å². The molecule has 112 valence electrons. The van der Waals surface area contributed by atoms with E-state index in [0.717, 1.165) is 12.8 Å². The normalized spacial score (nSPS) is 22.2. The highest BCUT2D eigenvalue weighted by molar-refractivity contribution is 5.67. The molecule has 0 aromatic carbocycles. The largest absolute Gasteiger partial charge is 0.444 e. The van der Waals surface area contributed by atoms with Gasteiger partial charge in [0.1, 0.15) is 11.3 Å². The molecular formula is C13H22N4O3. The molecule has 1 aromatic rings. The highest BCUT2D eigenvalue weighted by Gasteiger charge is 2.31. The summed E-state index contributed by atoms with van der Waals surface area (Å²) in [4.78, 5) is 13.3. The van der Waals surface area contributed by atoms with Crippen molar-refractivity contribution >= 4 is 6.09 Å². The third kappa shape index (κ3) is 3.47. The zero-order valence-electron chi connectivity index (χ0n) is 12.4. The van der Waals surface area contributed by atoms with Gasteiger partial charge < -0.3 is 14.7 Å². The average Bonchev–Trinajstić information content (AvgIpc) is 2.72. The van der Waals surface area contributed by atoms with Gasteiger partial charge in [0.15, 0.2) is 0 Å². The Kier molecular flexibility index (Phi) is 3.99. The maximum Gasteiger partial charge on any atom is 0.410 e. The molecular weight excluding hydrogens is 260 g/mol. The van der Waals surface area contributed by atoms with E-state index in [1.807, 2.05) is 20.8 Å². The van der Waals surface area contributed by atoms with Crippen LogP contribution in [-0.2, 0) is 11.3 Å². The van der Waals surface area contributed by atoms with Crippen molar-refractivity contribution in [3.8, 4) is 0 Å². The number of hydrogen-bond donors (Lipinski definition) is 1. The first-order valence-electron chi connectivity index (χ1n) is 6.79. The molecule has 0 saturated heterocycles. The maximum atomic E-state index is 11.8. The molecule has 0 spiro atoms. The van der Waals surface area contributed by atoms with E-state index < -0.39 is 11.7 Å². The molecule has 1 amide bonds. The van der Waals surface area contributed by atoms with Crippen LogP contribution >= 0.6 is 0 Å². The number of aromatic nitrogens is 3. The van der Waals surface area contributed by atoms with Crippen LogP contribution in [0.15, 0.2) is 6.20 Å². The van der Waals surface area contributed by atoms with Crippen LogP contribution in [0, 0.1) is 0 Å². The number of rotatable bonds is 3. The van der Waals surface area contributed by atoms with Crippen LogP contribution < -0.4 is 0 Å². The Bertz CT molecular complexity index is 480. The van der Waals surface area contributed by atoms with Crippen molar-refractivity contribution in [1.29, 1.82) is 0 Å². The summed E-state index contributed by atoms with van der Waals surface area (Å²) in [6, 6.07) is 0.0167. The molecule has 1 aliphatic carbocycles. The maximum absolute atomic E-state index is 11.8. The number of ether oxygens (including phenoxy) is 1. The third-order valence-corrected chi connectivity index (χ3v) is 3.20. The first-order chi connectivity index (χ1) is 9.26. The SMILES string of the molecule is CN(Cc1cn(C2CCC2O)nn1)C(=O)OC(C)(C)C. The van der Waals surface area contributed by atoms with Crippen molar-refractivity contribution in [3.63, 3.8) is 0 Å². The summed E-state index contributed by atoms with van der Waals surface area (Å²) in [7, 11) is 1.66. The first kappa shape index (κ1) is 14.8. The van der Waals surface area contributed by atoms with Crippen LogP contribution in [0.1, 0.15) is 45.3 Å². The Hall–Kier alpha value is -1.63. The Labute approximate surface area is 118 Å². The molecule has 0 bridgehead atoms. The Morgan fingerprint density at radius 2 is 2.25 bits per heavy atom. The van der Waals surface area contributed by atoms with Crippen molar-refractivity contribution in [1.82, 2.24) is 19.9 Å². The molecule has 1 aliphatic rings. The smallest absolute Gasteiger partial charge is 0.410 e. The number of carbonyl (C=O) groups is 1. The van der Waals surface area contributed by atoms with Crippen molar-refractivity contribution in [2.75, 3.05) is 7.05 Å². The standard InChI is InChI=1S/C13H22N4O3/c1-13(2,3)20-12(19)16(4)7-9-8-17(15-14-9)10-5-6-11(10)18/h8,10-11,18H,5-7H2,1-4H3. The fourth-order valence-corrected chi connectivity index (χ4v) is 1.97. The summed E-state index contributed by atoms with van der Waals surface area (Å²) in [6.07, 6.45) is 2.75. The summed E-state index contributed by atoms with van der Waals surface area (Å²) in [5.74, 6) is 0. The van der Waals surface area contributed by atoms with Gasteiger partial charge in [0.05, 0.1) is 24.9 Å². The van der Waals surface area contributed by atoms with Crippen LogP contribution in [0.5, 0.6) is 0 Å². The van der Waals surface area contributed by atoms with Crippen molar-refractivity contribution in [2.45, 2.75) is 57.9 Å². The fourth-order valence-electron chi connectivity index (χ4n) is 1.97. The predicted octanol–water partition coefficient (Wildman–Crippen LogP) is 1.34. The lowest BCUT2D eigenvalue weighted by atomic mass is 9.89. The van der Waals surface area contributed by atoms with Crippen LogP contribution in [-0.4, -0.2) is 49.8 Å². The van der Waals surface area contributed by atoms with Gasteiger partial charge in [-0.3, -0.25) is 0 Å². The van der Waals surface area contributed by atoms with E-state index >= 15 is 0 Å². The average molecular weight is 282 g/mol. The molecule has 2 rings (SSSR count). The lowest BCUT2D eigenvalue weighted by Gasteiger charge is -2.31. The summed E-state index contributed by atoms with van der Waals surface area (Å²) in [6.45, 7) is 5.81. The minimum atomic E-state index is -0.515. The lowest BCUT2D eigenvalue weighted by Crippen LogP contribution is -2.34. The molecule has 1 saturated carbocycles. The van der Waals surface area contributed by atoms with Gasteiger partial charge in [-0.25, -0.2) is 9.48 Å². The molecule has 1 heterocycles. The quantitative estimate of drug-likeness (QED) is 0.905. The molecule has 0 radical (unpaired) electrons. The highest BCUT2D eigenvalue weighted by atomic mass is 16.6. The second-order valence-electron chi connectivity index (χ2n) is 6.24. The van der Waals surface area contributed by atoms with E-state index in [1.165, 1.54) is 4.90 Å². The molecule has 1 N–H and O–H groups in total. The van der Waals surface area contributed by atoms with Crippen molar-refractivity contribution in [3.05, 3.63) is 11.9 Å². The van der Waals surface area contributed by atoms with E-state index in [0.29, 0.717) is 12.2 Å². The number of carbonyl (C=O) groups excluding carboxylic acids is 1. The van der Waals surface area contributed by atoms with Gasteiger partial charge in [0.2, 0.25) is 0 Å². The molecule has 1 aromatic heterocycles. The minimum absolute atomic E-state index is 0.0167. The molecule has 7 heteroatoms. The van der Waals surface area contributed by atoms with Crippen LogP contribution in [0.4, 0.5) is 4.79 Å². The van der Waals surface area contributed by atoms with Gasteiger partial charge >= 0.3 is 6.09 Å². The molecule has 7 nitrogen and oxygen atoms in total. The first-order valence-corrected chi connectivity index (χ1v) is 6.79. The molecule has 2 atom stereocenters. The second-order valence-corrected chi connectivity index (χ2v) is 6.24. The molecule has 20 heavy (non-hydrogen) atoms. The van der Waals surface area contributed by atoms with E-state index in [9.17, 15) is 9.90 Å². The number of aliphatic hydroxyl groups excluding tert-OH is 1. The zero-order valence-corrected chi connectivity index (χ0v) is 12.4. The fraction of sp³-hybridized carbons (Fsp3) is 0.769. The summed E-state index contributed by atoms with van der Waals surface area (Å²) in [5.41, 5.74) is 0.163. The predicted molar refractivity (Wildman–Crippen MR) is 72.0 cm³/mol. The van der Waals surface area contributed by atoms with Gasteiger partial charge in [-0.15, -0.1) is 5.10 Å². The van der Waals surface area contributed by atoms with Gasteiger partial charge in [-0.05, 0) is 33.6 Å². The lowest BCUT2D eigenvalue weighted by molar-refractivity contribution is 0.0242. The third-order valence-electron chi connectivity index (χ3n) is 3.20. The van der Waals surface area contributed by atoms with E-state index in [-0.39, 0.29) is 12.1 Å². The number of nitrogens with zero attached hydrogens (tertiary/aromatic N) is 4. The molecule has 0 aliphatic heterocycles. The summed E-state index contributed by atoms with van der Waals surface area (Å²) in [5, 5.41) is 17.6. The van der Waals surface area contributed by atoms with Gasteiger partial charge in [0, 0.05) is 7.05 Å². The molecule has 1 fully saturated rings. The minimum Gasteiger partial charge on any atom is -0.444 e. The van der Waals surface area contributed by atoms with E-state index in [4.69, 9.17) is 4.74 Å². The Morgan fingerprint density at radius 1 is 1.55 bits per heavy atom. The second kappa shape index (κ2) is 5.40. The van der Waals surface area contributed by atoms with Gasteiger partial charge in [0.25, 0.3) is 0 Å². The number of amides is 1. The number of aliphatic hydroxyl groups is 1. The summed E-state index contributed by atoms with van der Waals surface area (Å²) >= 11 is 0. The summed E-state index contributed by atoms with van der Waals surface area (Å²) < 4.78 is 6.94. The topological polar surface area (TPSA) is 80.5 Å². The Balaban J connectivity index is 1.91. The van der Waals surface area contributed by atoms with Crippen LogP contribution in [0.3, 0.4) is 0 Å². The van der Waals surface area contributed by atoms with Crippen molar-refractivity contribution < 1.29 is 14.6 Å². The van der Waals surface area contributed by atoms with E-state index in [1.54, 1.807) is 17.9 Å². The highest BCUT2D eigenvalue weighted by Crippen LogP contribution is 2.31. The Morgan fingerprint density at radius 3 is 2.75 bits per heavy atom. The zero-order chi connectivity index (χ0) is 14.9. The van der Waals surface area contributed by atoms with Gasteiger partial charge in [-0.1, -0.05) is 5.21 Å². The number of hydrogen-bond acceptors (Lipinski definition) is 5. The van der Waals surface area contributed by atoms with E-state index in [2.05, 4.69) is 10.3 Å².